The van der Waals surface area contributed by atoms with E-state index in [0.717, 1.165) is 0 Å². The standard InChI is InChI=1S/C11H17ClN4O/c1-7(6-17-3)16(2)11-9(12)8(10(13)14)4-5-15-11/h4-5,7H,6H2,1-3H3,(H3,13,14). The van der Waals surface area contributed by atoms with Crippen LogP contribution in [0.15, 0.2) is 12.3 Å². The fourth-order valence-corrected chi connectivity index (χ4v) is 1.80. The molecule has 6 heteroatoms. The molecule has 0 radical (unpaired) electrons. The molecule has 0 aliphatic rings. The number of halogens is 1. The minimum Gasteiger partial charge on any atom is -0.384 e. The lowest BCUT2D eigenvalue weighted by Crippen LogP contribution is -2.33. The molecule has 1 aromatic rings. The van der Waals surface area contributed by atoms with Crippen molar-refractivity contribution in [3.63, 3.8) is 0 Å². The first kappa shape index (κ1) is 13.7. The van der Waals surface area contributed by atoms with Crippen molar-refractivity contribution in [2.24, 2.45) is 5.73 Å². The predicted octanol–water partition coefficient (Wildman–Crippen LogP) is 1.49. The summed E-state index contributed by atoms with van der Waals surface area (Å²) in [5.74, 6) is 0.537. The van der Waals surface area contributed by atoms with E-state index in [4.69, 9.17) is 27.5 Å². The number of hydrogen-bond donors (Lipinski definition) is 2. The van der Waals surface area contributed by atoms with Crippen LogP contribution in [0.1, 0.15) is 12.5 Å². The number of pyridine rings is 1. The molecule has 94 valence electrons. The number of rotatable bonds is 5. The lowest BCUT2D eigenvalue weighted by Gasteiger charge is -2.26. The van der Waals surface area contributed by atoms with E-state index in [1.807, 2.05) is 18.9 Å². The van der Waals surface area contributed by atoms with Gasteiger partial charge in [0.05, 0.1) is 17.7 Å². The van der Waals surface area contributed by atoms with Gasteiger partial charge in [-0.3, -0.25) is 5.41 Å². The quantitative estimate of drug-likeness (QED) is 0.618. The molecule has 1 atom stereocenters. The summed E-state index contributed by atoms with van der Waals surface area (Å²) >= 11 is 6.18. The highest BCUT2D eigenvalue weighted by atomic mass is 35.5. The summed E-state index contributed by atoms with van der Waals surface area (Å²) < 4.78 is 5.08. The van der Waals surface area contributed by atoms with Gasteiger partial charge in [-0.2, -0.15) is 0 Å². The summed E-state index contributed by atoms with van der Waals surface area (Å²) in [6, 6.07) is 1.76. The molecule has 0 spiro atoms. The summed E-state index contributed by atoms with van der Waals surface area (Å²) in [4.78, 5) is 6.11. The molecule has 0 fully saturated rings. The molecule has 1 rings (SSSR count). The third kappa shape index (κ3) is 3.08. The number of ether oxygens (including phenoxy) is 1. The fraction of sp³-hybridized carbons (Fsp3) is 0.455. The number of anilines is 1. The first-order valence-electron chi connectivity index (χ1n) is 5.19. The molecule has 1 heterocycles. The molecule has 3 N–H and O–H groups in total. The van der Waals surface area contributed by atoms with Crippen LogP contribution in [0, 0.1) is 5.41 Å². The minimum absolute atomic E-state index is 0.0635. The fourth-order valence-electron chi connectivity index (χ4n) is 1.45. The van der Waals surface area contributed by atoms with Gasteiger partial charge in [-0.05, 0) is 13.0 Å². The smallest absolute Gasteiger partial charge is 0.148 e. The van der Waals surface area contributed by atoms with Crippen molar-refractivity contribution < 1.29 is 4.74 Å². The molecule has 0 saturated heterocycles. The molecule has 1 unspecified atom stereocenters. The Morgan fingerprint density at radius 1 is 1.71 bits per heavy atom. The van der Waals surface area contributed by atoms with Gasteiger partial charge in [0.25, 0.3) is 0 Å². The second kappa shape index (κ2) is 5.84. The Balaban J connectivity index is 3.06. The largest absolute Gasteiger partial charge is 0.384 e. The number of likely N-dealkylation sites (N-methyl/N-ethyl adjacent to an activating group) is 1. The zero-order valence-electron chi connectivity index (χ0n) is 10.2. The molecule has 1 aromatic heterocycles. The van der Waals surface area contributed by atoms with E-state index in [-0.39, 0.29) is 11.9 Å². The number of nitrogen functional groups attached to an aromatic ring is 1. The Hall–Kier alpha value is -1.33. The molecule has 0 aliphatic carbocycles. The van der Waals surface area contributed by atoms with Crippen molar-refractivity contribution in [3.05, 3.63) is 22.8 Å². The van der Waals surface area contributed by atoms with E-state index in [1.54, 1.807) is 19.4 Å². The Bertz CT molecular complexity index is 410. The molecule has 17 heavy (non-hydrogen) atoms. The van der Waals surface area contributed by atoms with Gasteiger partial charge in [-0.15, -0.1) is 0 Å². The Morgan fingerprint density at radius 2 is 2.35 bits per heavy atom. The lowest BCUT2D eigenvalue weighted by molar-refractivity contribution is 0.183. The highest BCUT2D eigenvalue weighted by Gasteiger charge is 2.17. The van der Waals surface area contributed by atoms with E-state index in [0.29, 0.717) is 23.0 Å². The van der Waals surface area contributed by atoms with E-state index in [1.165, 1.54) is 0 Å². The van der Waals surface area contributed by atoms with Crippen LogP contribution in [-0.2, 0) is 4.74 Å². The molecule has 0 aromatic carbocycles. The Morgan fingerprint density at radius 3 is 2.88 bits per heavy atom. The molecular formula is C11H17ClN4O. The average Bonchev–Trinajstić information content (AvgIpc) is 2.28. The van der Waals surface area contributed by atoms with Gasteiger partial charge in [-0.25, -0.2) is 4.98 Å². The van der Waals surface area contributed by atoms with E-state index < -0.39 is 0 Å². The lowest BCUT2D eigenvalue weighted by atomic mass is 10.2. The summed E-state index contributed by atoms with van der Waals surface area (Å²) in [5, 5.41) is 7.82. The number of nitrogens with zero attached hydrogens (tertiary/aromatic N) is 2. The number of methoxy groups -OCH3 is 1. The maximum Gasteiger partial charge on any atom is 0.148 e. The summed E-state index contributed by atoms with van der Waals surface area (Å²) in [6.07, 6.45) is 1.59. The van der Waals surface area contributed by atoms with E-state index >= 15 is 0 Å². The second-order valence-corrected chi connectivity index (χ2v) is 4.20. The van der Waals surface area contributed by atoms with Crippen molar-refractivity contribution in [1.29, 1.82) is 5.41 Å². The SMILES string of the molecule is COCC(C)N(C)c1nccc(C(=N)N)c1Cl. The van der Waals surface area contributed by atoms with Gasteiger partial charge in [0.1, 0.15) is 11.7 Å². The second-order valence-electron chi connectivity index (χ2n) is 3.83. The first-order chi connectivity index (χ1) is 7.99. The molecule has 0 bridgehead atoms. The molecular weight excluding hydrogens is 240 g/mol. The molecule has 0 amide bonds. The van der Waals surface area contributed by atoms with E-state index in [9.17, 15) is 0 Å². The van der Waals surface area contributed by atoms with Crippen LogP contribution < -0.4 is 10.6 Å². The molecule has 0 saturated carbocycles. The molecule has 0 aliphatic heterocycles. The Kier molecular flexibility index (Phi) is 4.72. The number of nitrogens with two attached hydrogens (primary N) is 1. The van der Waals surface area contributed by atoms with Gasteiger partial charge < -0.3 is 15.4 Å². The van der Waals surface area contributed by atoms with Crippen molar-refractivity contribution in [2.75, 3.05) is 25.7 Å². The summed E-state index contributed by atoms with van der Waals surface area (Å²) in [7, 11) is 3.52. The zero-order chi connectivity index (χ0) is 13.0. The number of aromatic nitrogens is 1. The maximum absolute atomic E-state index is 7.42. The minimum atomic E-state index is -0.0635. The average molecular weight is 257 g/mol. The van der Waals surface area contributed by atoms with Crippen LogP contribution in [0.5, 0.6) is 0 Å². The van der Waals surface area contributed by atoms with Crippen molar-refractivity contribution >= 4 is 23.3 Å². The van der Waals surface area contributed by atoms with Gasteiger partial charge in [-0.1, -0.05) is 11.6 Å². The monoisotopic (exact) mass is 256 g/mol. The van der Waals surface area contributed by atoms with Gasteiger partial charge in [0.2, 0.25) is 0 Å². The summed E-state index contributed by atoms with van der Waals surface area (Å²) in [6.45, 7) is 2.57. The van der Waals surface area contributed by atoms with Crippen LogP contribution in [-0.4, -0.2) is 37.6 Å². The highest BCUT2D eigenvalue weighted by molar-refractivity contribution is 6.36. The van der Waals surface area contributed by atoms with Gasteiger partial charge in [0.15, 0.2) is 0 Å². The third-order valence-electron chi connectivity index (χ3n) is 2.56. The van der Waals surface area contributed by atoms with Crippen molar-refractivity contribution in [3.8, 4) is 0 Å². The van der Waals surface area contributed by atoms with E-state index in [2.05, 4.69) is 4.98 Å². The topological polar surface area (TPSA) is 75.2 Å². The summed E-state index contributed by atoms with van der Waals surface area (Å²) in [5.41, 5.74) is 5.94. The third-order valence-corrected chi connectivity index (χ3v) is 2.94. The van der Waals surface area contributed by atoms with Gasteiger partial charge >= 0.3 is 0 Å². The molecule has 5 nitrogen and oxygen atoms in total. The van der Waals surface area contributed by atoms with Crippen LogP contribution in [0.2, 0.25) is 5.02 Å². The maximum atomic E-state index is 7.42. The van der Waals surface area contributed by atoms with Crippen molar-refractivity contribution in [1.82, 2.24) is 4.98 Å². The van der Waals surface area contributed by atoms with Crippen LogP contribution in [0.3, 0.4) is 0 Å². The zero-order valence-corrected chi connectivity index (χ0v) is 11.0. The van der Waals surface area contributed by atoms with Crippen molar-refractivity contribution in [2.45, 2.75) is 13.0 Å². The van der Waals surface area contributed by atoms with Gasteiger partial charge in [0, 0.05) is 25.9 Å². The van der Waals surface area contributed by atoms with Crippen LogP contribution in [0.4, 0.5) is 5.82 Å². The number of hydrogen-bond acceptors (Lipinski definition) is 4. The Labute approximate surface area is 106 Å². The number of nitrogens with one attached hydrogen (secondary N) is 1. The van der Waals surface area contributed by atoms with Crippen LogP contribution >= 0.6 is 11.6 Å². The first-order valence-corrected chi connectivity index (χ1v) is 5.57. The normalized spacial score (nSPS) is 12.2. The number of amidine groups is 1. The highest BCUT2D eigenvalue weighted by Crippen LogP contribution is 2.26. The predicted molar refractivity (Wildman–Crippen MR) is 70.0 cm³/mol. The van der Waals surface area contributed by atoms with Crippen LogP contribution in [0.25, 0.3) is 0 Å².